The highest BCUT2D eigenvalue weighted by Crippen LogP contribution is 2.25. The molecule has 31 heavy (non-hydrogen) atoms. The number of sulfonamides is 1. The number of ether oxygens (including phenoxy) is 4. The number of benzene rings is 2. The Labute approximate surface area is 180 Å². The molecular formula is C20H24N2O8S. The summed E-state index contributed by atoms with van der Waals surface area (Å²) in [5.41, 5.74) is 0.380. The van der Waals surface area contributed by atoms with Crippen LogP contribution >= 0.6 is 0 Å². The number of hydrogen-bond donors (Lipinski definition) is 2. The van der Waals surface area contributed by atoms with E-state index in [0.717, 1.165) is 0 Å². The summed E-state index contributed by atoms with van der Waals surface area (Å²) < 4.78 is 47.1. The number of methoxy groups -OCH3 is 3. The van der Waals surface area contributed by atoms with Crippen LogP contribution in [0.3, 0.4) is 0 Å². The number of esters is 1. The van der Waals surface area contributed by atoms with E-state index < -0.39 is 34.5 Å². The Hall–Kier alpha value is -3.31. The van der Waals surface area contributed by atoms with Gasteiger partial charge in [-0.3, -0.25) is 9.59 Å². The molecule has 11 heteroatoms. The summed E-state index contributed by atoms with van der Waals surface area (Å²) >= 11 is 0. The predicted octanol–water partition coefficient (Wildman–Crippen LogP) is 1.56. The van der Waals surface area contributed by atoms with Crippen molar-refractivity contribution in [3.63, 3.8) is 0 Å². The molecule has 0 aliphatic heterocycles. The highest BCUT2D eigenvalue weighted by atomic mass is 32.2. The van der Waals surface area contributed by atoms with Crippen LogP contribution in [0.2, 0.25) is 0 Å². The largest absolute Gasteiger partial charge is 0.497 e. The van der Waals surface area contributed by atoms with Crippen molar-refractivity contribution in [3.8, 4) is 17.2 Å². The van der Waals surface area contributed by atoms with Gasteiger partial charge in [-0.15, -0.1) is 0 Å². The van der Waals surface area contributed by atoms with E-state index in [1.165, 1.54) is 52.5 Å². The van der Waals surface area contributed by atoms with Gasteiger partial charge in [-0.25, -0.2) is 8.42 Å². The SMILES string of the molecule is COc1ccc(S(=O)(=O)N[C@@H](C)C(=O)OCC(=O)Nc2cc(OC)cc(OC)c2)cc1. The summed E-state index contributed by atoms with van der Waals surface area (Å²) in [6, 6.07) is 9.19. The first kappa shape index (κ1) is 24.0. The first-order valence-electron chi connectivity index (χ1n) is 9.04. The minimum Gasteiger partial charge on any atom is -0.497 e. The Bertz CT molecular complexity index is 1000. The maximum atomic E-state index is 12.4. The highest BCUT2D eigenvalue weighted by molar-refractivity contribution is 7.89. The third kappa shape index (κ3) is 6.86. The molecule has 0 saturated carbocycles. The second kappa shape index (κ2) is 10.6. The molecule has 0 spiro atoms. The van der Waals surface area contributed by atoms with Crippen LogP contribution in [0.25, 0.3) is 0 Å². The van der Waals surface area contributed by atoms with Gasteiger partial charge in [0.2, 0.25) is 10.0 Å². The average molecular weight is 452 g/mol. The van der Waals surface area contributed by atoms with Crippen molar-refractivity contribution >= 4 is 27.6 Å². The maximum Gasteiger partial charge on any atom is 0.324 e. The van der Waals surface area contributed by atoms with Gasteiger partial charge >= 0.3 is 5.97 Å². The van der Waals surface area contributed by atoms with E-state index in [0.29, 0.717) is 22.9 Å². The standard InChI is InChI=1S/C20H24N2O8S/c1-13(22-31(25,26)18-7-5-15(27-2)6-8-18)20(24)30-12-19(23)21-14-9-16(28-3)11-17(10-14)29-4/h5-11,13,22H,12H2,1-4H3,(H,21,23)/t13-/m0/s1. The third-order valence-corrected chi connectivity index (χ3v) is 5.59. The fraction of sp³-hybridized carbons (Fsp3) is 0.300. The zero-order valence-corrected chi connectivity index (χ0v) is 18.3. The summed E-state index contributed by atoms with van der Waals surface area (Å²) in [5.74, 6) is -0.100. The van der Waals surface area contributed by atoms with E-state index in [1.54, 1.807) is 18.2 Å². The van der Waals surface area contributed by atoms with Crippen LogP contribution in [0.4, 0.5) is 5.69 Å². The Morgan fingerprint density at radius 3 is 1.97 bits per heavy atom. The summed E-state index contributed by atoms with van der Waals surface area (Å²) in [6.45, 7) is 0.710. The Morgan fingerprint density at radius 1 is 0.903 bits per heavy atom. The molecule has 0 heterocycles. The Balaban J connectivity index is 1.91. The molecule has 0 fully saturated rings. The number of rotatable bonds is 10. The number of carbonyl (C=O) groups is 2. The van der Waals surface area contributed by atoms with Crippen molar-refractivity contribution in [3.05, 3.63) is 42.5 Å². The normalized spacial score (nSPS) is 11.9. The summed E-state index contributed by atoms with van der Waals surface area (Å²) in [6.07, 6.45) is 0. The van der Waals surface area contributed by atoms with E-state index in [-0.39, 0.29) is 4.90 Å². The zero-order chi connectivity index (χ0) is 23.0. The molecule has 168 valence electrons. The van der Waals surface area contributed by atoms with Crippen LogP contribution in [0.1, 0.15) is 6.92 Å². The second-order valence-corrected chi connectivity index (χ2v) is 7.99. The number of nitrogens with one attached hydrogen (secondary N) is 2. The van der Waals surface area contributed by atoms with Gasteiger partial charge in [0.05, 0.1) is 26.2 Å². The lowest BCUT2D eigenvalue weighted by Crippen LogP contribution is -2.40. The molecule has 2 rings (SSSR count). The molecule has 0 radical (unpaired) electrons. The fourth-order valence-corrected chi connectivity index (χ4v) is 3.63. The highest BCUT2D eigenvalue weighted by Gasteiger charge is 2.24. The minimum atomic E-state index is -3.97. The first-order chi connectivity index (χ1) is 14.7. The van der Waals surface area contributed by atoms with Gasteiger partial charge in [-0.2, -0.15) is 4.72 Å². The molecule has 0 aromatic heterocycles. The number of hydrogen-bond acceptors (Lipinski definition) is 8. The molecule has 2 aromatic carbocycles. The lowest BCUT2D eigenvalue weighted by atomic mass is 10.2. The summed E-state index contributed by atoms with van der Waals surface area (Å²) in [4.78, 5) is 24.2. The minimum absolute atomic E-state index is 0.0438. The van der Waals surface area contributed by atoms with Gasteiger partial charge in [0, 0.05) is 23.9 Å². The smallest absolute Gasteiger partial charge is 0.324 e. The number of carbonyl (C=O) groups excluding carboxylic acids is 2. The van der Waals surface area contributed by atoms with E-state index >= 15 is 0 Å². The summed E-state index contributed by atoms with van der Waals surface area (Å²) in [5, 5.41) is 2.54. The third-order valence-electron chi connectivity index (χ3n) is 4.04. The molecule has 0 aliphatic carbocycles. The second-order valence-electron chi connectivity index (χ2n) is 6.28. The quantitative estimate of drug-likeness (QED) is 0.520. The first-order valence-corrected chi connectivity index (χ1v) is 10.5. The number of anilines is 1. The van der Waals surface area contributed by atoms with E-state index in [1.807, 2.05) is 0 Å². The monoisotopic (exact) mass is 452 g/mol. The van der Waals surface area contributed by atoms with Gasteiger partial charge < -0.3 is 24.3 Å². The van der Waals surface area contributed by atoms with Gasteiger partial charge in [0.1, 0.15) is 23.3 Å². The van der Waals surface area contributed by atoms with Gasteiger partial charge in [-0.1, -0.05) is 0 Å². The molecule has 0 aliphatic rings. The van der Waals surface area contributed by atoms with E-state index in [9.17, 15) is 18.0 Å². The van der Waals surface area contributed by atoms with Crippen LogP contribution in [0.5, 0.6) is 17.2 Å². The fourth-order valence-electron chi connectivity index (χ4n) is 2.44. The van der Waals surface area contributed by atoms with Crippen LogP contribution in [-0.4, -0.2) is 54.3 Å². The van der Waals surface area contributed by atoms with Gasteiger partial charge in [-0.05, 0) is 31.2 Å². The molecule has 1 amide bonds. The molecule has 2 aromatic rings. The van der Waals surface area contributed by atoms with Gasteiger partial charge in [0.25, 0.3) is 5.91 Å². The van der Waals surface area contributed by atoms with Crippen molar-refractivity contribution in [2.75, 3.05) is 33.3 Å². The molecule has 10 nitrogen and oxygen atoms in total. The van der Waals surface area contributed by atoms with Crippen LogP contribution in [-0.2, 0) is 24.3 Å². The van der Waals surface area contributed by atoms with Gasteiger partial charge in [0.15, 0.2) is 6.61 Å². The molecule has 0 bridgehead atoms. The van der Waals surface area contributed by atoms with Crippen molar-refractivity contribution in [2.24, 2.45) is 0 Å². The van der Waals surface area contributed by atoms with Crippen LogP contribution < -0.4 is 24.2 Å². The van der Waals surface area contributed by atoms with Crippen molar-refractivity contribution < 1.29 is 37.0 Å². The van der Waals surface area contributed by atoms with Crippen molar-refractivity contribution in [1.29, 1.82) is 0 Å². The van der Waals surface area contributed by atoms with Crippen LogP contribution in [0.15, 0.2) is 47.4 Å². The molecule has 0 saturated heterocycles. The topological polar surface area (TPSA) is 129 Å². The van der Waals surface area contributed by atoms with Crippen molar-refractivity contribution in [2.45, 2.75) is 17.9 Å². The molecule has 1 atom stereocenters. The summed E-state index contributed by atoms with van der Waals surface area (Å²) in [7, 11) is 0.430. The zero-order valence-electron chi connectivity index (χ0n) is 17.5. The Morgan fingerprint density at radius 2 is 1.45 bits per heavy atom. The lowest BCUT2D eigenvalue weighted by molar-refractivity contribution is -0.148. The molecule has 0 unspecified atom stereocenters. The molecular weight excluding hydrogens is 428 g/mol. The van der Waals surface area contributed by atoms with E-state index in [2.05, 4.69) is 10.0 Å². The molecule has 2 N–H and O–H groups in total. The lowest BCUT2D eigenvalue weighted by Gasteiger charge is -2.14. The Kier molecular flexibility index (Phi) is 8.22. The van der Waals surface area contributed by atoms with E-state index in [4.69, 9.17) is 18.9 Å². The van der Waals surface area contributed by atoms with Crippen molar-refractivity contribution in [1.82, 2.24) is 4.72 Å². The van der Waals surface area contributed by atoms with Crippen LogP contribution in [0, 0.1) is 0 Å². The average Bonchev–Trinajstić information content (AvgIpc) is 2.76. The predicted molar refractivity (Wildman–Crippen MR) is 112 cm³/mol. The maximum absolute atomic E-state index is 12.4. The number of amides is 1.